The maximum Gasteiger partial charge on any atom is 0.326 e. The van der Waals surface area contributed by atoms with E-state index in [1.807, 2.05) is 6.92 Å². The fraction of sp³-hybridized carbons (Fsp3) is 0.823. The summed E-state index contributed by atoms with van der Waals surface area (Å²) >= 11 is 0. The lowest BCUT2D eigenvalue weighted by atomic mass is 9.87. The molecule has 640 valence electrons. The van der Waals surface area contributed by atoms with Crippen molar-refractivity contribution in [3.8, 4) is 0 Å². The molecule has 0 aromatic carbocycles. The van der Waals surface area contributed by atoms with Crippen molar-refractivity contribution in [2.45, 2.75) is 276 Å². The molecule has 0 aromatic rings. The standard InChI is InChI=1S/C79H138N6O26/c1-62(29-23-25-41-80-73(93)59-109-54-50-105-46-28-32-66(88)58-108-53-51-106-47-43-82-70(90)40-39-68(79(102)103)85-72(92)34-20-16-12-8-4-6-10-14-18-22-36-77(98)99)69(89)57-64(63(2)86)30-24-26-42-81-74(94)60-111-56-52-107-48-44-83-75(95)61-110-55-49-104-45-27-31-65(87)37-38-67(78(100)101)84-71(91)33-19-15-11-7-3-5-9-13-17-21-35-76(96)97/h62,64,67-68H,3-61H2,1-2H3,(H,80,93)(H,81,94)(H,82,90)(H,83,95)(H,84,91)(H,85,92)(H,96,97)(H,98,99)(H,100,101)(H,102,103)/t62-,64+,67-,68-/m0/s1. The van der Waals surface area contributed by atoms with Gasteiger partial charge in [-0.2, -0.15) is 0 Å². The molecule has 0 aliphatic carbocycles. The van der Waals surface area contributed by atoms with Crippen molar-refractivity contribution in [1.29, 1.82) is 0 Å². The van der Waals surface area contributed by atoms with Gasteiger partial charge >= 0.3 is 23.9 Å². The van der Waals surface area contributed by atoms with E-state index in [0.29, 0.717) is 96.7 Å². The number of hydrogen-bond donors (Lipinski definition) is 10. The summed E-state index contributed by atoms with van der Waals surface area (Å²) in [5.41, 5.74) is 0. The number of hydrogen-bond acceptors (Lipinski definition) is 22. The summed E-state index contributed by atoms with van der Waals surface area (Å²) < 4.78 is 43.3. The van der Waals surface area contributed by atoms with Crippen LogP contribution in [-0.2, 0) is 105 Å². The first-order valence-electron chi connectivity index (χ1n) is 40.7. The van der Waals surface area contributed by atoms with Crippen LogP contribution in [0.15, 0.2) is 0 Å². The first-order valence-corrected chi connectivity index (χ1v) is 40.7. The number of amides is 6. The molecule has 0 saturated carbocycles. The molecule has 6 amide bonds. The smallest absolute Gasteiger partial charge is 0.326 e. The molecular weight excluding hydrogens is 1450 g/mol. The number of carboxylic acids is 4. The van der Waals surface area contributed by atoms with E-state index in [1.165, 1.54) is 6.92 Å². The van der Waals surface area contributed by atoms with Crippen LogP contribution in [-0.4, -0.2) is 247 Å². The number of aliphatic carboxylic acids is 4. The summed E-state index contributed by atoms with van der Waals surface area (Å²) in [7, 11) is 0. The van der Waals surface area contributed by atoms with E-state index in [4.69, 9.17) is 48.1 Å². The SMILES string of the molecule is CC(=O)[C@H](CCCCNC(=O)COCCOCCNC(=O)COCCOCCCC(=O)CC[C@H](NC(=O)CCCCCCCCCCCCC(=O)O)C(=O)O)CC(=O)[C@@H](C)CCCCNC(=O)COCCOCCCC(=O)COCCOCCNC(=O)CC[C@H](NC(=O)CCCCCCCCCCCCC(=O)O)C(=O)O. The van der Waals surface area contributed by atoms with Gasteiger partial charge in [-0.15, -0.1) is 0 Å². The molecule has 0 rings (SSSR count). The summed E-state index contributed by atoms with van der Waals surface area (Å²) in [6.45, 7) is 6.43. The number of Topliss-reactive ketones (excluding diaryl/α,β-unsaturated/α-hetero) is 4. The van der Waals surface area contributed by atoms with Gasteiger partial charge in [0.1, 0.15) is 55.9 Å². The molecule has 0 fully saturated rings. The second-order valence-corrected chi connectivity index (χ2v) is 28.1. The van der Waals surface area contributed by atoms with Crippen molar-refractivity contribution >= 4 is 82.5 Å². The summed E-state index contributed by atoms with van der Waals surface area (Å²) in [4.78, 5) is 168. The van der Waals surface area contributed by atoms with Gasteiger partial charge in [0.25, 0.3) is 0 Å². The zero-order valence-corrected chi connectivity index (χ0v) is 66.8. The zero-order chi connectivity index (χ0) is 82.0. The highest BCUT2D eigenvalue weighted by atomic mass is 16.5. The molecule has 0 saturated heterocycles. The molecule has 0 radical (unpaired) electrons. The number of carbonyl (C=O) groups excluding carboxylic acids is 10. The quantitative estimate of drug-likeness (QED) is 0.0261. The molecule has 0 unspecified atom stereocenters. The molecule has 111 heavy (non-hydrogen) atoms. The van der Waals surface area contributed by atoms with E-state index in [-0.39, 0.29) is 247 Å². The highest BCUT2D eigenvalue weighted by molar-refractivity contribution is 5.88. The van der Waals surface area contributed by atoms with Gasteiger partial charge in [0, 0.05) is 109 Å². The second kappa shape index (κ2) is 74.5. The summed E-state index contributed by atoms with van der Waals surface area (Å²) in [5, 5.41) is 52.4. The monoisotopic (exact) mass is 1590 g/mol. The van der Waals surface area contributed by atoms with E-state index in [9.17, 15) is 77.3 Å². The minimum absolute atomic E-state index is 0.000744. The van der Waals surface area contributed by atoms with Crippen molar-refractivity contribution in [2.75, 3.05) is 132 Å². The van der Waals surface area contributed by atoms with E-state index in [1.54, 1.807) is 0 Å². The van der Waals surface area contributed by atoms with E-state index in [0.717, 1.165) is 103 Å². The van der Waals surface area contributed by atoms with Crippen LogP contribution >= 0.6 is 0 Å². The molecule has 0 aliphatic heterocycles. The number of nitrogens with one attached hydrogen (secondary N) is 6. The molecule has 10 N–H and O–H groups in total. The lowest BCUT2D eigenvalue weighted by Crippen LogP contribution is -2.41. The first-order chi connectivity index (χ1) is 53.5. The van der Waals surface area contributed by atoms with Gasteiger partial charge in [-0.3, -0.25) is 57.5 Å². The number of carboxylic acid groups (broad SMARTS) is 4. The highest BCUT2D eigenvalue weighted by Gasteiger charge is 2.24. The average Bonchev–Trinajstić information content (AvgIpc) is 0.928. The number of ketones is 4. The number of ether oxygens (including phenoxy) is 8. The van der Waals surface area contributed by atoms with Crippen LogP contribution in [0.25, 0.3) is 0 Å². The predicted octanol–water partition coefficient (Wildman–Crippen LogP) is 7.65. The van der Waals surface area contributed by atoms with Crippen LogP contribution in [0.5, 0.6) is 0 Å². The topological polar surface area (TPSA) is 466 Å². The third kappa shape index (κ3) is 71.8. The van der Waals surface area contributed by atoms with E-state index < -0.39 is 41.9 Å². The summed E-state index contributed by atoms with van der Waals surface area (Å²) in [5.74, 6) is -6.89. The third-order valence-corrected chi connectivity index (χ3v) is 18.1. The Morgan fingerprint density at radius 2 is 0.613 bits per heavy atom. The average molecular weight is 1590 g/mol. The minimum Gasteiger partial charge on any atom is -0.481 e. The molecule has 0 aromatic heterocycles. The molecule has 32 nitrogen and oxygen atoms in total. The van der Waals surface area contributed by atoms with Crippen LogP contribution in [0.1, 0.15) is 264 Å². The van der Waals surface area contributed by atoms with Gasteiger partial charge in [-0.1, -0.05) is 122 Å². The van der Waals surface area contributed by atoms with Gasteiger partial charge in [0.05, 0.1) is 66.1 Å². The van der Waals surface area contributed by atoms with Crippen LogP contribution in [0.2, 0.25) is 0 Å². The Hall–Kier alpha value is -6.94. The molecule has 0 spiro atoms. The Balaban J connectivity index is 3.83. The maximum absolute atomic E-state index is 13.0. The largest absolute Gasteiger partial charge is 0.481 e. The van der Waals surface area contributed by atoms with Crippen molar-refractivity contribution < 1.29 is 125 Å². The fourth-order valence-corrected chi connectivity index (χ4v) is 11.4. The van der Waals surface area contributed by atoms with Gasteiger partial charge in [-0.25, -0.2) is 9.59 Å². The van der Waals surface area contributed by atoms with Gasteiger partial charge in [0.2, 0.25) is 35.4 Å². The van der Waals surface area contributed by atoms with Gasteiger partial charge in [-0.05, 0) is 84.0 Å². The normalized spacial score (nSPS) is 12.3. The highest BCUT2D eigenvalue weighted by Crippen LogP contribution is 2.21. The van der Waals surface area contributed by atoms with Crippen molar-refractivity contribution in [2.24, 2.45) is 11.8 Å². The number of rotatable bonds is 84. The Labute approximate surface area is 657 Å². The molecule has 0 heterocycles. The lowest BCUT2D eigenvalue weighted by Gasteiger charge is -2.16. The summed E-state index contributed by atoms with van der Waals surface area (Å²) in [6, 6.07) is -2.31. The van der Waals surface area contributed by atoms with Crippen LogP contribution in [0.3, 0.4) is 0 Å². The van der Waals surface area contributed by atoms with Crippen LogP contribution in [0, 0.1) is 11.8 Å². The van der Waals surface area contributed by atoms with Crippen molar-refractivity contribution in [3.05, 3.63) is 0 Å². The molecule has 0 bridgehead atoms. The molecule has 4 atom stereocenters. The van der Waals surface area contributed by atoms with Crippen LogP contribution in [0.4, 0.5) is 0 Å². The van der Waals surface area contributed by atoms with Crippen molar-refractivity contribution in [1.82, 2.24) is 31.9 Å². The molecule has 0 aliphatic rings. The van der Waals surface area contributed by atoms with E-state index in [2.05, 4.69) is 31.9 Å². The fourth-order valence-electron chi connectivity index (χ4n) is 11.4. The Morgan fingerprint density at radius 3 is 1.01 bits per heavy atom. The maximum atomic E-state index is 13.0. The van der Waals surface area contributed by atoms with Crippen LogP contribution < -0.4 is 31.9 Å². The Bertz CT molecular complexity index is 2560. The predicted molar refractivity (Wildman–Crippen MR) is 411 cm³/mol. The molecular formula is C79H138N6O26. The Kier molecular flexibility index (Phi) is 69.8. The number of unbranched alkanes of at least 4 members (excludes halogenated alkanes) is 20. The molecule has 32 heteroatoms. The second-order valence-electron chi connectivity index (χ2n) is 28.1. The lowest BCUT2D eigenvalue weighted by molar-refractivity contribution is -0.142. The third-order valence-electron chi connectivity index (χ3n) is 18.1. The van der Waals surface area contributed by atoms with Crippen molar-refractivity contribution in [3.63, 3.8) is 0 Å². The van der Waals surface area contributed by atoms with Gasteiger partial charge in [0.15, 0.2) is 5.78 Å². The first kappa shape index (κ1) is 104. The van der Waals surface area contributed by atoms with E-state index >= 15 is 0 Å². The van der Waals surface area contributed by atoms with Gasteiger partial charge < -0.3 is 90.2 Å². The minimum atomic E-state index is -1.21. The summed E-state index contributed by atoms with van der Waals surface area (Å²) in [6.07, 6.45) is 25.0. The Morgan fingerprint density at radius 1 is 0.279 bits per heavy atom. The number of carbonyl (C=O) groups is 14. The zero-order valence-electron chi connectivity index (χ0n) is 66.8.